The van der Waals surface area contributed by atoms with E-state index < -0.39 is 23.1 Å². The number of aromatic nitrogens is 2. The fraction of sp³-hybridized carbons (Fsp3) is 0.333. The number of esters is 1. The van der Waals surface area contributed by atoms with E-state index in [4.69, 9.17) is 4.74 Å². The zero-order chi connectivity index (χ0) is 19.4. The maximum atomic E-state index is 12.1. The molecule has 1 aromatic heterocycles. The number of hydrogen-bond acceptors (Lipinski definition) is 6. The molecule has 8 nitrogen and oxygen atoms in total. The quantitative estimate of drug-likeness (QED) is 0.641. The molecular weight excluding hydrogens is 338 g/mol. The summed E-state index contributed by atoms with van der Waals surface area (Å²) >= 11 is 0. The Kier molecular flexibility index (Phi) is 5.76. The van der Waals surface area contributed by atoms with Crippen LogP contribution in [0, 0.1) is 5.92 Å². The molecule has 0 unspecified atom stereocenters. The predicted molar refractivity (Wildman–Crippen MR) is 97.4 cm³/mol. The van der Waals surface area contributed by atoms with Crippen molar-refractivity contribution in [3.63, 3.8) is 0 Å². The average molecular weight is 359 g/mol. The van der Waals surface area contributed by atoms with Crippen molar-refractivity contribution in [2.24, 2.45) is 25.0 Å². The molecule has 0 saturated carbocycles. The fourth-order valence-electron chi connectivity index (χ4n) is 2.12. The molecule has 8 heteroatoms. The molecule has 0 amide bonds. The highest BCUT2D eigenvalue weighted by Crippen LogP contribution is 2.15. The van der Waals surface area contributed by atoms with Crippen molar-refractivity contribution in [3.05, 3.63) is 56.2 Å². The monoisotopic (exact) mass is 359 g/mol. The zero-order valence-corrected chi connectivity index (χ0v) is 15.1. The molecule has 26 heavy (non-hydrogen) atoms. The van der Waals surface area contributed by atoms with Gasteiger partial charge in [0.25, 0.3) is 5.56 Å². The van der Waals surface area contributed by atoms with Gasteiger partial charge in [-0.1, -0.05) is 13.8 Å². The molecule has 0 atom stereocenters. The average Bonchev–Trinajstić information content (AvgIpc) is 2.63. The summed E-state index contributed by atoms with van der Waals surface area (Å²) in [5.74, 6) is -0.630. The summed E-state index contributed by atoms with van der Waals surface area (Å²) < 4.78 is 6.98. The first kappa shape index (κ1) is 19.2. The van der Waals surface area contributed by atoms with Gasteiger partial charge in [0, 0.05) is 20.3 Å². The number of carbonyl (C=O) groups is 1. The minimum atomic E-state index is -0.650. The number of carbonyl (C=O) groups excluding carboxylic acids is 1. The Morgan fingerprint density at radius 2 is 1.81 bits per heavy atom. The van der Waals surface area contributed by atoms with Crippen LogP contribution in [-0.4, -0.2) is 33.0 Å². The van der Waals surface area contributed by atoms with E-state index >= 15 is 0 Å². The summed E-state index contributed by atoms with van der Waals surface area (Å²) in [6.45, 7) is 4.24. The normalized spacial score (nSPS) is 11.3. The number of rotatable bonds is 5. The SMILES string of the molecule is CC(C)COC(=O)c1ccc(N=Cc2c(O)n(C)c(=O)n(C)c2=O)cc1. The molecule has 1 N–H and O–H groups in total. The summed E-state index contributed by atoms with van der Waals surface area (Å²) in [5, 5.41) is 9.98. The van der Waals surface area contributed by atoms with Gasteiger partial charge in [0.1, 0.15) is 5.56 Å². The first-order chi connectivity index (χ1) is 12.2. The number of aromatic hydroxyl groups is 1. The van der Waals surface area contributed by atoms with Gasteiger partial charge < -0.3 is 9.84 Å². The molecule has 0 aliphatic rings. The van der Waals surface area contributed by atoms with Crippen molar-refractivity contribution < 1.29 is 14.6 Å². The summed E-state index contributed by atoms with van der Waals surface area (Å²) in [4.78, 5) is 39.8. The van der Waals surface area contributed by atoms with Gasteiger partial charge in [-0.05, 0) is 30.2 Å². The highest BCUT2D eigenvalue weighted by molar-refractivity contribution is 5.90. The molecule has 0 bridgehead atoms. The van der Waals surface area contributed by atoms with Crippen LogP contribution in [0.1, 0.15) is 29.8 Å². The van der Waals surface area contributed by atoms with E-state index in [0.717, 1.165) is 9.13 Å². The highest BCUT2D eigenvalue weighted by Gasteiger charge is 2.13. The molecule has 2 aromatic rings. The zero-order valence-electron chi connectivity index (χ0n) is 15.1. The van der Waals surface area contributed by atoms with Gasteiger partial charge in [-0.3, -0.25) is 18.9 Å². The fourth-order valence-corrected chi connectivity index (χ4v) is 2.12. The molecule has 0 aliphatic carbocycles. The first-order valence-electron chi connectivity index (χ1n) is 8.02. The van der Waals surface area contributed by atoms with Crippen molar-refractivity contribution in [2.45, 2.75) is 13.8 Å². The van der Waals surface area contributed by atoms with Crippen LogP contribution in [-0.2, 0) is 18.8 Å². The minimum Gasteiger partial charge on any atom is -0.494 e. The van der Waals surface area contributed by atoms with Crippen molar-refractivity contribution in [3.8, 4) is 5.88 Å². The lowest BCUT2D eigenvalue weighted by Crippen LogP contribution is -2.38. The van der Waals surface area contributed by atoms with Crippen LogP contribution in [0.5, 0.6) is 5.88 Å². The molecule has 0 aliphatic heterocycles. The van der Waals surface area contributed by atoms with Crippen LogP contribution in [0.2, 0.25) is 0 Å². The van der Waals surface area contributed by atoms with E-state index in [2.05, 4.69) is 4.99 Å². The van der Waals surface area contributed by atoms with E-state index in [1.54, 1.807) is 24.3 Å². The Bertz CT molecular complexity index is 953. The van der Waals surface area contributed by atoms with Crippen LogP contribution in [0.25, 0.3) is 0 Å². The van der Waals surface area contributed by atoms with E-state index in [-0.39, 0.29) is 11.5 Å². The molecule has 0 radical (unpaired) electrons. The molecule has 0 saturated heterocycles. The van der Waals surface area contributed by atoms with Crippen LogP contribution < -0.4 is 11.2 Å². The van der Waals surface area contributed by atoms with E-state index in [9.17, 15) is 19.5 Å². The largest absolute Gasteiger partial charge is 0.494 e. The van der Waals surface area contributed by atoms with Gasteiger partial charge in [-0.2, -0.15) is 0 Å². The standard InChI is InChI=1S/C18H21N3O5/c1-11(2)10-26-17(24)12-5-7-13(8-6-12)19-9-14-15(22)20(3)18(25)21(4)16(14)23/h5-9,11,22H,10H2,1-4H3. The van der Waals surface area contributed by atoms with Gasteiger partial charge in [0.2, 0.25) is 5.88 Å². The van der Waals surface area contributed by atoms with Gasteiger partial charge in [-0.25, -0.2) is 9.59 Å². The van der Waals surface area contributed by atoms with E-state index in [1.165, 1.54) is 20.3 Å². The van der Waals surface area contributed by atoms with Gasteiger partial charge >= 0.3 is 11.7 Å². The van der Waals surface area contributed by atoms with Crippen LogP contribution >= 0.6 is 0 Å². The smallest absolute Gasteiger partial charge is 0.338 e. The number of benzene rings is 1. The van der Waals surface area contributed by atoms with Crippen LogP contribution in [0.15, 0.2) is 38.8 Å². The van der Waals surface area contributed by atoms with Crippen molar-refractivity contribution >= 4 is 17.9 Å². The Labute approximate surface area is 150 Å². The van der Waals surface area contributed by atoms with Crippen LogP contribution in [0.3, 0.4) is 0 Å². The lowest BCUT2D eigenvalue weighted by Gasteiger charge is -2.07. The third-order valence-corrected chi connectivity index (χ3v) is 3.66. The summed E-state index contributed by atoms with van der Waals surface area (Å²) in [6.07, 6.45) is 1.18. The summed E-state index contributed by atoms with van der Waals surface area (Å²) in [6, 6.07) is 6.31. The molecule has 1 heterocycles. The van der Waals surface area contributed by atoms with E-state index in [0.29, 0.717) is 17.9 Å². The second-order valence-corrected chi connectivity index (χ2v) is 6.24. The van der Waals surface area contributed by atoms with Crippen molar-refractivity contribution in [1.29, 1.82) is 0 Å². The molecule has 138 valence electrons. The third kappa shape index (κ3) is 4.08. The topological polar surface area (TPSA) is 103 Å². The summed E-state index contributed by atoms with van der Waals surface area (Å²) in [5.41, 5.74) is -0.515. The Morgan fingerprint density at radius 1 is 1.19 bits per heavy atom. The number of ether oxygens (including phenoxy) is 1. The number of hydrogen-bond donors (Lipinski definition) is 1. The number of aliphatic imine (C=N–C) groups is 1. The molecule has 0 spiro atoms. The maximum absolute atomic E-state index is 12.1. The second-order valence-electron chi connectivity index (χ2n) is 6.24. The van der Waals surface area contributed by atoms with E-state index in [1.807, 2.05) is 13.8 Å². The Hall–Kier alpha value is -3.16. The maximum Gasteiger partial charge on any atom is 0.338 e. The molecular formula is C18H21N3O5. The Balaban J connectivity index is 2.24. The van der Waals surface area contributed by atoms with Gasteiger partial charge in [0.15, 0.2) is 0 Å². The van der Waals surface area contributed by atoms with Gasteiger partial charge in [-0.15, -0.1) is 0 Å². The molecule has 1 aromatic carbocycles. The highest BCUT2D eigenvalue weighted by atomic mass is 16.5. The van der Waals surface area contributed by atoms with Crippen molar-refractivity contribution in [2.75, 3.05) is 6.61 Å². The van der Waals surface area contributed by atoms with Crippen molar-refractivity contribution in [1.82, 2.24) is 9.13 Å². The second kappa shape index (κ2) is 7.81. The number of nitrogens with zero attached hydrogens (tertiary/aromatic N) is 3. The van der Waals surface area contributed by atoms with Crippen LogP contribution in [0.4, 0.5) is 5.69 Å². The lowest BCUT2D eigenvalue weighted by atomic mass is 10.2. The predicted octanol–water partition coefficient (Wildman–Crippen LogP) is 1.35. The summed E-state index contributed by atoms with van der Waals surface area (Å²) in [7, 11) is 2.67. The Morgan fingerprint density at radius 3 is 2.38 bits per heavy atom. The van der Waals surface area contributed by atoms with Gasteiger partial charge in [0.05, 0.1) is 17.9 Å². The third-order valence-electron chi connectivity index (χ3n) is 3.66. The minimum absolute atomic E-state index is 0.102. The first-order valence-corrected chi connectivity index (χ1v) is 8.02. The lowest BCUT2D eigenvalue weighted by molar-refractivity contribution is 0.0459. The molecule has 0 fully saturated rings. The molecule has 2 rings (SSSR count).